The lowest BCUT2D eigenvalue weighted by Gasteiger charge is -2.06. The zero-order valence-corrected chi connectivity index (χ0v) is 12.1. The highest BCUT2D eigenvalue weighted by Crippen LogP contribution is 2.21. The fraction of sp³-hybridized carbons (Fsp3) is 0.300. The smallest absolute Gasteiger partial charge is 0.322 e. The molecule has 9 heteroatoms. The van der Waals surface area contributed by atoms with E-state index in [2.05, 4.69) is 31.9 Å². The summed E-state index contributed by atoms with van der Waals surface area (Å²) >= 11 is 4.80. The summed E-state index contributed by atoms with van der Waals surface area (Å²) in [7, 11) is 0. The first kappa shape index (κ1) is 15.4. The number of rotatable bonds is 6. The van der Waals surface area contributed by atoms with Crippen molar-refractivity contribution in [2.24, 2.45) is 0 Å². The summed E-state index contributed by atoms with van der Waals surface area (Å²) in [5.74, 6) is -1.70. The first-order valence-corrected chi connectivity index (χ1v) is 6.82. The lowest BCUT2D eigenvalue weighted by Crippen LogP contribution is -2.42. The highest BCUT2D eigenvalue weighted by Gasteiger charge is 2.06. The zero-order valence-electron chi connectivity index (χ0n) is 9.73. The summed E-state index contributed by atoms with van der Waals surface area (Å²) in [6.07, 6.45) is 0. The molecule has 0 fully saturated rings. The Hall–Kier alpha value is -1.61. The van der Waals surface area contributed by atoms with Gasteiger partial charge in [-0.15, -0.1) is 11.3 Å². The largest absolute Gasteiger partial charge is 0.480 e. The molecule has 1 heterocycles. The van der Waals surface area contributed by atoms with E-state index in [4.69, 9.17) is 5.11 Å². The average Bonchev–Trinajstić information content (AvgIpc) is 2.77. The Morgan fingerprint density at radius 1 is 1.16 bits per heavy atom. The number of hydrogen-bond acceptors (Lipinski definition) is 4. The third-order valence-corrected chi connectivity index (χ3v) is 3.52. The van der Waals surface area contributed by atoms with Gasteiger partial charge in [-0.2, -0.15) is 0 Å². The Labute approximate surface area is 121 Å². The maximum atomic E-state index is 11.3. The van der Waals surface area contributed by atoms with Gasteiger partial charge in [0.2, 0.25) is 5.91 Å². The van der Waals surface area contributed by atoms with E-state index < -0.39 is 24.5 Å². The summed E-state index contributed by atoms with van der Waals surface area (Å²) in [5, 5.41) is 15.4. The quantitative estimate of drug-likeness (QED) is 0.600. The third kappa shape index (κ3) is 6.77. The van der Waals surface area contributed by atoms with E-state index in [9.17, 15) is 14.4 Å². The van der Waals surface area contributed by atoms with Crippen LogP contribution < -0.4 is 16.0 Å². The summed E-state index contributed by atoms with van der Waals surface area (Å²) in [6.45, 7) is -0.378. The predicted octanol–water partition coefficient (Wildman–Crippen LogP) is 0.511. The number of aliphatic carboxylic acids is 1. The van der Waals surface area contributed by atoms with Crippen molar-refractivity contribution in [3.63, 3.8) is 0 Å². The molecule has 104 valence electrons. The molecule has 1 rings (SSSR count). The molecule has 0 aromatic carbocycles. The molecule has 0 spiro atoms. The lowest BCUT2D eigenvalue weighted by molar-refractivity contribution is -0.137. The number of carboxylic acid groups (broad SMARTS) is 1. The molecule has 1 aromatic rings. The van der Waals surface area contributed by atoms with Gasteiger partial charge in [-0.05, 0) is 28.1 Å². The summed E-state index contributed by atoms with van der Waals surface area (Å²) < 4.78 is 0.970. The first-order chi connectivity index (χ1) is 8.97. The monoisotopic (exact) mass is 349 g/mol. The van der Waals surface area contributed by atoms with E-state index in [-0.39, 0.29) is 6.54 Å². The van der Waals surface area contributed by atoms with E-state index in [0.29, 0.717) is 6.54 Å². The van der Waals surface area contributed by atoms with Crippen molar-refractivity contribution >= 4 is 45.2 Å². The fourth-order valence-corrected chi connectivity index (χ4v) is 2.50. The van der Waals surface area contributed by atoms with Crippen LogP contribution in [0.3, 0.4) is 0 Å². The number of carbonyl (C=O) groups is 3. The minimum absolute atomic E-state index is 0.271. The van der Waals surface area contributed by atoms with Gasteiger partial charge in [0.15, 0.2) is 0 Å². The van der Waals surface area contributed by atoms with E-state index in [0.717, 1.165) is 8.66 Å². The second-order valence-electron chi connectivity index (χ2n) is 3.41. The standard InChI is InChI=1S/C10H12BrN3O4S/c11-7-2-1-6(19-7)3-13-10(18)14-4-8(15)12-5-9(16)17/h1-2H,3-5H2,(H,12,15)(H,16,17)(H2,13,14,18). The van der Waals surface area contributed by atoms with Crippen LogP contribution in [-0.2, 0) is 16.1 Å². The molecule has 3 amide bonds. The molecule has 0 saturated carbocycles. The summed E-state index contributed by atoms with van der Waals surface area (Å²) in [4.78, 5) is 33.6. The van der Waals surface area contributed by atoms with Gasteiger partial charge < -0.3 is 21.1 Å². The van der Waals surface area contributed by atoms with Crippen molar-refractivity contribution < 1.29 is 19.5 Å². The van der Waals surface area contributed by atoms with E-state index >= 15 is 0 Å². The van der Waals surface area contributed by atoms with Crippen molar-refractivity contribution in [2.45, 2.75) is 6.54 Å². The van der Waals surface area contributed by atoms with Crippen LogP contribution in [0.4, 0.5) is 4.79 Å². The number of hydrogen-bond donors (Lipinski definition) is 4. The van der Waals surface area contributed by atoms with Crippen molar-refractivity contribution in [3.8, 4) is 0 Å². The molecule has 4 N–H and O–H groups in total. The highest BCUT2D eigenvalue weighted by atomic mass is 79.9. The average molecular weight is 350 g/mol. The van der Waals surface area contributed by atoms with Gasteiger partial charge in [0.25, 0.3) is 0 Å². The Balaban J connectivity index is 2.17. The molecule has 0 bridgehead atoms. The minimum atomic E-state index is -1.14. The van der Waals surface area contributed by atoms with Gasteiger partial charge in [0, 0.05) is 4.88 Å². The van der Waals surface area contributed by atoms with Crippen molar-refractivity contribution in [1.82, 2.24) is 16.0 Å². The number of urea groups is 1. The molecule has 0 aliphatic heterocycles. The Morgan fingerprint density at radius 2 is 1.89 bits per heavy atom. The fourth-order valence-electron chi connectivity index (χ4n) is 1.07. The van der Waals surface area contributed by atoms with Crippen LogP contribution in [-0.4, -0.2) is 36.1 Å². The molecule has 0 aliphatic carbocycles. The van der Waals surface area contributed by atoms with Crippen LogP contribution in [0.15, 0.2) is 15.9 Å². The Morgan fingerprint density at radius 3 is 2.47 bits per heavy atom. The van der Waals surface area contributed by atoms with E-state index in [1.165, 1.54) is 11.3 Å². The highest BCUT2D eigenvalue weighted by molar-refractivity contribution is 9.11. The lowest BCUT2D eigenvalue weighted by atomic mass is 10.5. The number of thiophene rings is 1. The van der Waals surface area contributed by atoms with Crippen LogP contribution in [0.2, 0.25) is 0 Å². The Kier molecular flexibility index (Phi) is 6.30. The minimum Gasteiger partial charge on any atom is -0.480 e. The Bertz CT molecular complexity index is 477. The molecule has 7 nitrogen and oxygen atoms in total. The topological polar surface area (TPSA) is 108 Å². The van der Waals surface area contributed by atoms with Crippen molar-refractivity contribution in [3.05, 3.63) is 20.8 Å². The summed E-state index contributed by atoms with van der Waals surface area (Å²) in [6, 6.07) is 3.25. The molecule has 19 heavy (non-hydrogen) atoms. The number of nitrogens with one attached hydrogen (secondary N) is 3. The second kappa shape index (κ2) is 7.74. The predicted molar refractivity (Wildman–Crippen MR) is 72.9 cm³/mol. The van der Waals surface area contributed by atoms with Crippen LogP contribution in [0, 0.1) is 0 Å². The molecule has 0 radical (unpaired) electrons. The van der Waals surface area contributed by atoms with Crippen molar-refractivity contribution in [1.29, 1.82) is 0 Å². The van der Waals surface area contributed by atoms with Crippen molar-refractivity contribution in [2.75, 3.05) is 13.1 Å². The first-order valence-electron chi connectivity index (χ1n) is 5.22. The van der Waals surface area contributed by atoms with Crippen LogP contribution >= 0.6 is 27.3 Å². The van der Waals surface area contributed by atoms with Gasteiger partial charge in [0.1, 0.15) is 6.54 Å². The molecular weight excluding hydrogens is 338 g/mol. The number of carbonyl (C=O) groups excluding carboxylic acids is 2. The molecule has 0 atom stereocenters. The van der Waals surface area contributed by atoms with E-state index in [1.807, 2.05) is 12.1 Å². The molecular formula is C10H12BrN3O4S. The molecule has 0 saturated heterocycles. The second-order valence-corrected chi connectivity index (χ2v) is 5.96. The van der Waals surface area contributed by atoms with Gasteiger partial charge in [0.05, 0.1) is 16.9 Å². The summed E-state index contributed by atoms with van der Waals surface area (Å²) in [5.41, 5.74) is 0. The molecule has 1 aromatic heterocycles. The SMILES string of the molecule is O=C(O)CNC(=O)CNC(=O)NCc1ccc(Br)s1. The van der Waals surface area contributed by atoms with E-state index in [1.54, 1.807) is 0 Å². The maximum Gasteiger partial charge on any atom is 0.322 e. The zero-order chi connectivity index (χ0) is 14.3. The van der Waals surface area contributed by atoms with Crippen LogP contribution in [0.25, 0.3) is 0 Å². The number of amides is 3. The molecule has 0 aliphatic rings. The number of carboxylic acids is 1. The third-order valence-electron chi connectivity index (χ3n) is 1.90. The normalized spacial score (nSPS) is 9.74. The van der Waals surface area contributed by atoms with Crippen LogP contribution in [0.1, 0.15) is 4.88 Å². The van der Waals surface area contributed by atoms with Gasteiger partial charge in [-0.1, -0.05) is 0 Å². The number of halogens is 1. The van der Waals surface area contributed by atoms with Gasteiger partial charge >= 0.3 is 12.0 Å². The van der Waals surface area contributed by atoms with Gasteiger partial charge in [-0.3, -0.25) is 9.59 Å². The maximum absolute atomic E-state index is 11.3. The van der Waals surface area contributed by atoms with Gasteiger partial charge in [-0.25, -0.2) is 4.79 Å². The molecule has 0 unspecified atom stereocenters. The van der Waals surface area contributed by atoms with Crippen LogP contribution in [0.5, 0.6) is 0 Å².